The number of halogens is 2. The maximum atomic E-state index is 13.9. The highest BCUT2D eigenvalue weighted by Crippen LogP contribution is 2.27. The van der Waals surface area contributed by atoms with Gasteiger partial charge in [0.05, 0.1) is 10.0 Å². The summed E-state index contributed by atoms with van der Waals surface area (Å²) in [6.45, 7) is 0.554. The molecule has 10 nitrogen and oxygen atoms in total. The normalized spacial score (nSPS) is 15.0. The molecule has 4 N–H and O–H groups in total. The molecule has 12 heteroatoms. The van der Waals surface area contributed by atoms with Crippen LogP contribution in [-0.2, 0) is 27.3 Å². The second-order valence-electron chi connectivity index (χ2n) is 11.3. The quantitative estimate of drug-likeness (QED) is 0.111. The molecule has 0 aromatic heterocycles. The molecule has 0 saturated carbocycles. The monoisotopic (exact) mass is 664 g/mol. The van der Waals surface area contributed by atoms with Gasteiger partial charge in [0.25, 0.3) is 0 Å². The van der Waals surface area contributed by atoms with Gasteiger partial charge in [0.1, 0.15) is 12.1 Å². The topological polar surface area (TPSA) is 137 Å². The van der Waals surface area contributed by atoms with Gasteiger partial charge in [-0.05, 0) is 42.2 Å². The van der Waals surface area contributed by atoms with Crippen LogP contribution < -0.4 is 16.4 Å². The average Bonchev–Trinajstić information content (AvgIpc) is 3.05. The smallest absolute Gasteiger partial charge is 0.246 e. The van der Waals surface area contributed by atoms with Crippen LogP contribution in [-0.4, -0.2) is 72.0 Å². The maximum Gasteiger partial charge on any atom is 0.246 e. The number of hydrogen-bond donors (Lipinski definition) is 3. The van der Waals surface area contributed by atoms with E-state index in [1.54, 1.807) is 55.4 Å². The molecule has 0 unspecified atom stereocenters. The van der Waals surface area contributed by atoms with Gasteiger partial charge in [-0.2, -0.15) is 0 Å². The van der Waals surface area contributed by atoms with E-state index in [0.717, 1.165) is 11.1 Å². The van der Waals surface area contributed by atoms with Crippen LogP contribution in [0.25, 0.3) is 0 Å². The molecule has 0 fully saturated rings. The number of nitrogens with two attached hydrogens (primary N) is 1. The van der Waals surface area contributed by atoms with Gasteiger partial charge in [0.2, 0.25) is 17.7 Å². The van der Waals surface area contributed by atoms with Crippen molar-refractivity contribution >= 4 is 58.4 Å². The molecule has 1 heterocycles. The number of nitrogens with one attached hydrogen (secondary N) is 2. The van der Waals surface area contributed by atoms with Crippen molar-refractivity contribution in [3.8, 4) is 0 Å². The minimum Gasteiger partial charge on any atom is -0.370 e. The molecule has 0 saturated heterocycles. The summed E-state index contributed by atoms with van der Waals surface area (Å²) in [6.07, 6.45) is 0.940. The number of rotatable bonds is 12. The van der Waals surface area contributed by atoms with Gasteiger partial charge in [-0.15, -0.1) is 0 Å². The Morgan fingerprint density at radius 1 is 0.957 bits per heavy atom. The molecule has 0 bridgehead atoms. The highest BCUT2D eigenvalue weighted by Gasteiger charge is 2.36. The molecule has 2 atom stereocenters. The Balaban J connectivity index is 1.52. The number of aliphatic imine (C=N–C) groups is 1. The predicted molar refractivity (Wildman–Crippen MR) is 181 cm³/mol. The summed E-state index contributed by atoms with van der Waals surface area (Å²) in [5.74, 6) is -1.04. The molecular weight excluding hydrogens is 627 g/mol. The number of amides is 3. The van der Waals surface area contributed by atoms with Crippen molar-refractivity contribution in [3.05, 3.63) is 99.5 Å². The van der Waals surface area contributed by atoms with Gasteiger partial charge in [0.15, 0.2) is 11.7 Å². The third kappa shape index (κ3) is 9.31. The summed E-state index contributed by atoms with van der Waals surface area (Å²) in [4.78, 5) is 61.2. The number of hydrogen-bond acceptors (Lipinski definition) is 5. The molecule has 0 aliphatic carbocycles. The number of carbonyl (C=O) groups excluding carboxylic acids is 4. The third-order valence-corrected chi connectivity index (χ3v) is 8.48. The van der Waals surface area contributed by atoms with Crippen molar-refractivity contribution in [1.29, 1.82) is 0 Å². The lowest BCUT2D eigenvalue weighted by atomic mass is 9.92. The van der Waals surface area contributed by atoms with Gasteiger partial charge >= 0.3 is 0 Å². The van der Waals surface area contributed by atoms with E-state index in [9.17, 15) is 19.2 Å². The Labute approximate surface area is 278 Å². The first kappa shape index (κ1) is 34.5. The molecule has 4 rings (SSSR count). The molecule has 3 aromatic carbocycles. The predicted octanol–water partition coefficient (Wildman–Crippen LogP) is 4.69. The van der Waals surface area contributed by atoms with E-state index in [4.69, 9.17) is 28.9 Å². The van der Waals surface area contributed by atoms with Crippen molar-refractivity contribution in [3.63, 3.8) is 0 Å². The Morgan fingerprint density at radius 2 is 1.65 bits per heavy atom. The lowest BCUT2D eigenvalue weighted by molar-refractivity contribution is -0.142. The van der Waals surface area contributed by atoms with E-state index < -0.39 is 23.9 Å². The van der Waals surface area contributed by atoms with Crippen molar-refractivity contribution in [2.75, 3.05) is 26.0 Å². The van der Waals surface area contributed by atoms with Crippen molar-refractivity contribution < 1.29 is 19.2 Å². The lowest BCUT2D eigenvalue weighted by Crippen LogP contribution is -2.56. The minimum atomic E-state index is -0.952. The van der Waals surface area contributed by atoms with Gasteiger partial charge < -0.3 is 26.2 Å². The molecule has 46 heavy (non-hydrogen) atoms. The zero-order valence-corrected chi connectivity index (χ0v) is 27.4. The minimum absolute atomic E-state index is 0.0145. The number of benzene rings is 3. The van der Waals surface area contributed by atoms with Crippen LogP contribution in [0.4, 0.5) is 5.69 Å². The van der Waals surface area contributed by atoms with E-state index in [-0.39, 0.29) is 48.9 Å². The number of fused-ring (bicyclic) bond motifs is 1. The number of guanidine groups is 1. The largest absolute Gasteiger partial charge is 0.370 e. The Morgan fingerprint density at radius 3 is 2.35 bits per heavy atom. The van der Waals surface area contributed by atoms with E-state index in [1.165, 1.54) is 11.0 Å². The number of carbonyl (C=O) groups is 4. The summed E-state index contributed by atoms with van der Waals surface area (Å²) in [7, 11) is 3.55. The van der Waals surface area contributed by atoms with Crippen molar-refractivity contribution in [2.24, 2.45) is 10.7 Å². The summed E-state index contributed by atoms with van der Waals surface area (Å²) >= 11 is 12.2. The summed E-state index contributed by atoms with van der Waals surface area (Å²) < 4.78 is 0. The first-order valence-corrected chi connectivity index (χ1v) is 15.8. The van der Waals surface area contributed by atoms with Crippen LogP contribution in [0.15, 0.2) is 77.8 Å². The number of nitrogens with zero attached hydrogens (tertiary/aromatic N) is 3. The van der Waals surface area contributed by atoms with Gasteiger partial charge in [-0.1, -0.05) is 77.8 Å². The molecule has 1 aliphatic rings. The number of anilines is 1. The Kier molecular flexibility index (Phi) is 12.2. The van der Waals surface area contributed by atoms with Crippen molar-refractivity contribution in [2.45, 2.75) is 50.7 Å². The Bertz CT molecular complexity index is 1600. The van der Waals surface area contributed by atoms with Gasteiger partial charge in [-0.25, -0.2) is 0 Å². The lowest BCUT2D eigenvalue weighted by Gasteiger charge is -2.37. The fourth-order valence-electron chi connectivity index (χ4n) is 5.12. The van der Waals surface area contributed by atoms with Crippen LogP contribution >= 0.6 is 23.2 Å². The highest BCUT2D eigenvalue weighted by atomic mass is 35.5. The van der Waals surface area contributed by atoms with E-state index >= 15 is 0 Å². The number of Topliss-reactive ketones (excluding diaryl/α,β-unsaturated/α-hetero) is 1. The molecular formula is C34H38Cl2N6O4. The van der Waals surface area contributed by atoms with E-state index in [1.807, 2.05) is 30.3 Å². The zero-order valence-electron chi connectivity index (χ0n) is 25.8. The average molecular weight is 666 g/mol. The van der Waals surface area contributed by atoms with E-state index in [2.05, 4.69) is 15.6 Å². The fraction of sp³-hybridized carbons (Fsp3) is 0.324. The fourth-order valence-corrected chi connectivity index (χ4v) is 5.42. The summed E-state index contributed by atoms with van der Waals surface area (Å²) in [5.41, 5.74) is 8.72. The van der Waals surface area contributed by atoms with Crippen molar-refractivity contribution in [1.82, 2.24) is 15.1 Å². The summed E-state index contributed by atoms with van der Waals surface area (Å²) in [6, 6.07) is 19.3. The molecule has 1 aliphatic heterocycles. The third-order valence-electron chi connectivity index (χ3n) is 7.74. The molecule has 242 valence electrons. The second-order valence-corrected chi connectivity index (χ2v) is 12.1. The maximum absolute atomic E-state index is 13.9. The van der Waals surface area contributed by atoms with Crippen LogP contribution in [0.3, 0.4) is 0 Å². The van der Waals surface area contributed by atoms with E-state index in [0.29, 0.717) is 35.2 Å². The van der Waals surface area contributed by atoms with Gasteiger partial charge in [-0.3, -0.25) is 24.2 Å². The Hall–Kier alpha value is -4.41. The standard InChI is InChI=1S/C34H38Cl2N6O4/c1-41(2)34(37)38-18-8-13-28(32(45)39-25-14-15-26(35)27(36)20-25)40-33(46)29-19-23-11-6-7-12-24(23)21-42(29)31(44)17-16-30(43)22-9-4-3-5-10-22/h3-7,9-12,14-15,20,28-29H,8,13,16-19,21H2,1-2H3,(H2,37,38)(H,39,45)(H,40,46)/t28-,29-/m0/s1. The second kappa shape index (κ2) is 16.2. The zero-order chi connectivity index (χ0) is 33.2. The molecule has 3 amide bonds. The first-order valence-electron chi connectivity index (χ1n) is 15.0. The molecule has 3 aromatic rings. The summed E-state index contributed by atoms with van der Waals surface area (Å²) in [5, 5.41) is 6.30. The SMILES string of the molecule is CN(C)C(N)=NCCC[C@H](NC(=O)[C@@H]1Cc2ccccc2CN1C(=O)CCC(=O)c1ccccc1)C(=O)Nc1ccc(Cl)c(Cl)c1. The molecule has 0 spiro atoms. The van der Waals surface area contributed by atoms with Crippen LogP contribution in [0, 0.1) is 0 Å². The van der Waals surface area contributed by atoms with Crippen LogP contribution in [0.5, 0.6) is 0 Å². The molecule has 0 radical (unpaired) electrons. The van der Waals surface area contributed by atoms with Gasteiger partial charge in [0, 0.05) is 57.7 Å². The highest BCUT2D eigenvalue weighted by molar-refractivity contribution is 6.42. The van der Waals surface area contributed by atoms with Crippen LogP contribution in [0.2, 0.25) is 10.0 Å². The van der Waals surface area contributed by atoms with Crippen LogP contribution in [0.1, 0.15) is 47.2 Å². The first-order chi connectivity index (χ1) is 22.0. The number of ketones is 1.